The van der Waals surface area contributed by atoms with Crippen LogP contribution in [0.2, 0.25) is 0 Å². The van der Waals surface area contributed by atoms with Gasteiger partial charge in [0.1, 0.15) is 0 Å². The zero-order valence-corrected chi connectivity index (χ0v) is 10.7. The van der Waals surface area contributed by atoms with E-state index in [-0.39, 0.29) is 11.6 Å². The quantitative estimate of drug-likeness (QED) is 0.852. The van der Waals surface area contributed by atoms with Gasteiger partial charge in [0, 0.05) is 18.3 Å². The minimum atomic E-state index is -0.933. The van der Waals surface area contributed by atoms with E-state index in [4.69, 9.17) is 5.11 Å². The number of anilines is 1. The van der Waals surface area contributed by atoms with Gasteiger partial charge < -0.3 is 10.4 Å². The predicted octanol–water partition coefficient (Wildman–Crippen LogP) is 1.87. The van der Waals surface area contributed by atoms with Crippen molar-refractivity contribution in [1.82, 2.24) is 5.32 Å². The molecule has 0 radical (unpaired) electrons. The van der Waals surface area contributed by atoms with Crippen LogP contribution in [0.15, 0.2) is 18.2 Å². The van der Waals surface area contributed by atoms with Crippen LogP contribution in [0.3, 0.4) is 0 Å². The summed E-state index contributed by atoms with van der Waals surface area (Å²) in [6.07, 6.45) is 1.76. The number of amides is 2. The minimum Gasteiger partial charge on any atom is -0.478 e. The van der Waals surface area contributed by atoms with E-state index >= 15 is 0 Å². The molecule has 1 saturated carbocycles. The summed E-state index contributed by atoms with van der Waals surface area (Å²) in [6, 6.07) is 5.16. The zero-order chi connectivity index (χ0) is 13.6. The van der Waals surface area contributed by atoms with Crippen LogP contribution in [0.25, 0.3) is 0 Å². The van der Waals surface area contributed by atoms with Crippen molar-refractivity contribution in [3.8, 4) is 0 Å². The summed E-state index contributed by atoms with van der Waals surface area (Å²) >= 11 is 0. The van der Waals surface area contributed by atoms with Gasteiger partial charge in [-0.2, -0.15) is 0 Å². The Kier molecular flexibility index (Phi) is 2.69. The smallest absolute Gasteiger partial charge is 0.335 e. The Balaban J connectivity index is 1.78. The van der Waals surface area contributed by atoms with Crippen molar-refractivity contribution < 1.29 is 14.7 Å². The van der Waals surface area contributed by atoms with Crippen molar-refractivity contribution in [2.24, 2.45) is 5.92 Å². The number of carboxylic acids is 1. The molecule has 1 aromatic rings. The van der Waals surface area contributed by atoms with Crippen molar-refractivity contribution >= 4 is 17.7 Å². The molecule has 0 saturated heterocycles. The molecule has 2 aliphatic rings. The Hall–Kier alpha value is -2.04. The number of aromatic carboxylic acids is 1. The summed E-state index contributed by atoms with van der Waals surface area (Å²) in [6.45, 7) is 2.73. The highest BCUT2D eigenvalue weighted by molar-refractivity contribution is 5.96. The third-order valence-corrected chi connectivity index (χ3v) is 3.89. The van der Waals surface area contributed by atoms with E-state index in [0.717, 1.165) is 17.7 Å². The first kappa shape index (κ1) is 12.0. The van der Waals surface area contributed by atoms with Gasteiger partial charge in [-0.1, -0.05) is 6.92 Å². The SMILES string of the molecule is CC1CC1NC(=O)N1CCc2cc(C(=O)O)ccc21. The molecule has 1 aliphatic carbocycles. The molecule has 1 aromatic carbocycles. The van der Waals surface area contributed by atoms with Crippen LogP contribution in [-0.4, -0.2) is 29.7 Å². The zero-order valence-electron chi connectivity index (χ0n) is 10.7. The lowest BCUT2D eigenvalue weighted by atomic mass is 10.1. The lowest BCUT2D eigenvalue weighted by Crippen LogP contribution is -2.40. The van der Waals surface area contributed by atoms with Crippen LogP contribution in [0.5, 0.6) is 0 Å². The van der Waals surface area contributed by atoms with Crippen LogP contribution in [-0.2, 0) is 6.42 Å². The second kappa shape index (κ2) is 4.26. The van der Waals surface area contributed by atoms with Crippen molar-refractivity contribution in [1.29, 1.82) is 0 Å². The molecule has 1 aliphatic heterocycles. The second-order valence-electron chi connectivity index (χ2n) is 5.32. The molecular formula is C14H16N2O3. The Morgan fingerprint density at radius 2 is 2.16 bits per heavy atom. The van der Waals surface area contributed by atoms with E-state index in [1.807, 2.05) is 0 Å². The molecule has 2 atom stereocenters. The van der Waals surface area contributed by atoms with E-state index in [2.05, 4.69) is 12.2 Å². The molecule has 2 amide bonds. The van der Waals surface area contributed by atoms with Gasteiger partial charge in [0.2, 0.25) is 0 Å². The molecular weight excluding hydrogens is 244 g/mol. The van der Waals surface area contributed by atoms with Gasteiger partial charge in [-0.05, 0) is 42.5 Å². The van der Waals surface area contributed by atoms with Crippen LogP contribution in [0.4, 0.5) is 10.5 Å². The van der Waals surface area contributed by atoms with Gasteiger partial charge >= 0.3 is 12.0 Å². The van der Waals surface area contributed by atoms with E-state index in [9.17, 15) is 9.59 Å². The first-order valence-corrected chi connectivity index (χ1v) is 6.50. The van der Waals surface area contributed by atoms with E-state index in [1.165, 1.54) is 0 Å². The number of carbonyl (C=O) groups is 2. The Morgan fingerprint density at radius 1 is 1.42 bits per heavy atom. The van der Waals surface area contributed by atoms with Gasteiger partial charge in [-0.25, -0.2) is 9.59 Å². The standard InChI is InChI=1S/C14H16N2O3/c1-8-6-11(8)15-14(19)16-5-4-9-7-10(13(17)18)2-3-12(9)16/h2-3,7-8,11H,4-6H2,1H3,(H,15,19)(H,17,18). The fourth-order valence-corrected chi connectivity index (χ4v) is 2.51. The largest absolute Gasteiger partial charge is 0.478 e. The molecule has 0 bridgehead atoms. The summed E-state index contributed by atoms with van der Waals surface area (Å²) in [5.74, 6) is -0.363. The third-order valence-electron chi connectivity index (χ3n) is 3.89. The summed E-state index contributed by atoms with van der Waals surface area (Å²) in [5, 5.41) is 11.9. The third kappa shape index (κ3) is 2.16. The van der Waals surface area contributed by atoms with Crippen molar-refractivity contribution in [2.75, 3.05) is 11.4 Å². The molecule has 5 heteroatoms. The highest BCUT2D eigenvalue weighted by atomic mass is 16.4. The fraction of sp³-hybridized carbons (Fsp3) is 0.429. The Bertz CT molecular complexity index is 556. The van der Waals surface area contributed by atoms with Crippen molar-refractivity contribution in [3.63, 3.8) is 0 Å². The molecule has 100 valence electrons. The van der Waals surface area contributed by atoms with Gasteiger partial charge in [-0.15, -0.1) is 0 Å². The Morgan fingerprint density at radius 3 is 2.79 bits per heavy atom. The molecule has 2 unspecified atom stereocenters. The number of benzene rings is 1. The average Bonchev–Trinajstić information content (AvgIpc) is 2.92. The van der Waals surface area contributed by atoms with E-state index in [0.29, 0.717) is 24.9 Å². The highest BCUT2D eigenvalue weighted by Gasteiger charge is 2.36. The lowest BCUT2D eigenvalue weighted by Gasteiger charge is -2.18. The summed E-state index contributed by atoms with van der Waals surface area (Å²) in [4.78, 5) is 24.7. The maximum Gasteiger partial charge on any atom is 0.335 e. The number of nitrogens with zero attached hydrogens (tertiary/aromatic N) is 1. The summed E-state index contributed by atoms with van der Waals surface area (Å²) < 4.78 is 0. The number of carbonyl (C=O) groups excluding carboxylic acids is 1. The maximum absolute atomic E-state index is 12.1. The fourth-order valence-electron chi connectivity index (χ4n) is 2.51. The minimum absolute atomic E-state index is 0.0730. The molecule has 2 N–H and O–H groups in total. The van der Waals surface area contributed by atoms with Crippen molar-refractivity contribution in [2.45, 2.75) is 25.8 Å². The number of hydrogen-bond donors (Lipinski definition) is 2. The first-order chi connectivity index (χ1) is 9.06. The van der Waals surface area contributed by atoms with Crippen LogP contribution < -0.4 is 10.2 Å². The van der Waals surface area contributed by atoms with Gasteiger partial charge in [-0.3, -0.25) is 4.90 Å². The summed E-state index contributed by atoms with van der Waals surface area (Å²) in [7, 11) is 0. The van der Waals surface area contributed by atoms with E-state index < -0.39 is 5.97 Å². The molecule has 0 aromatic heterocycles. The molecule has 5 nitrogen and oxygen atoms in total. The average molecular weight is 260 g/mol. The second-order valence-corrected chi connectivity index (χ2v) is 5.32. The number of urea groups is 1. The molecule has 1 fully saturated rings. The van der Waals surface area contributed by atoms with Gasteiger partial charge in [0.05, 0.1) is 5.56 Å². The number of nitrogens with one attached hydrogen (secondary N) is 1. The Labute approximate surface area is 111 Å². The monoisotopic (exact) mass is 260 g/mol. The predicted molar refractivity (Wildman–Crippen MR) is 70.6 cm³/mol. The molecule has 19 heavy (non-hydrogen) atoms. The van der Waals surface area contributed by atoms with Gasteiger partial charge in [0.15, 0.2) is 0 Å². The van der Waals surface area contributed by atoms with Gasteiger partial charge in [0.25, 0.3) is 0 Å². The van der Waals surface area contributed by atoms with Crippen LogP contribution >= 0.6 is 0 Å². The number of fused-ring (bicyclic) bond motifs is 1. The molecule has 1 heterocycles. The molecule has 3 rings (SSSR count). The number of hydrogen-bond acceptors (Lipinski definition) is 2. The molecule has 0 spiro atoms. The number of carboxylic acid groups (broad SMARTS) is 1. The normalized spacial score (nSPS) is 23.9. The highest BCUT2D eigenvalue weighted by Crippen LogP contribution is 2.32. The van der Waals surface area contributed by atoms with Crippen LogP contribution in [0.1, 0.15) is 29.3 Å². The first-order valence-electron chi connectivity index (χ1n) is 6.50. The van der Waals surface area contributed by atoms with E-state index in [1.54, 1.807) is 23.1 Å². The summed E-state index contributed by atoms with van der Waals surface area (Å²) in [5.41, 5.74) is 2.03. The topological polar surface area (TPSA) is 69.6 Å². The lowest BCUT2D eigenvalue weighted by molar-refractivity contribution is 0.0697. The van der Waals surface area contributed by atoms with Crippen LogP contribution in [0, 0.1) is 5.92 Å². The van der Waals surface area contributed by atoms with Crippen molar-refractivity contribution in [3.05, 3.63) is 29.3 Å². The number of rotatable bonds is 2. The maximum atomic E-state index is 12.1.